The van der Waals surface area contributed by atoms with Gasteiger partial charge in [-0.25, -0.2) is 4.98 Å². The van der Waals surface area contributed by atoms with Crippen molar-refractivity contribution in [1.29, 1.82) is 0 Å². The Labute approximate surface area is 159 Å². The third kappa shape index (κ3) is 3.81. The molecule has 3 aliphatic rings. The fourth-order valence-electron chi connectivity index (χ4n) is 4.26. The molecular formula is C20H26N4OS. The zero-order valence-electron chi connectivity index (χ0n) is 15.5. The lowest BCUT2D eigenvalue weighted by molar-refractivity contribution is -0.130. The van der Waals surface area contributed by atoms with Crippen molar-refractivity contribution in [3.63, 3.8) is 0 Å². The summed E-state index contributed by atoms with van der Waals surface area (Å²) in [6.45, 7) is 7.71. The number of amides is 1. The van der Waals surface area contributed by atoms with Crippen LogP contribution in [-0.2, 0) is 17.8 Å². The highest BCUT2D eigenvalue weighted by molar-refractivity contribution is 7.11. The lowest BCUT2D eigenvalue weighted by Crippen LogP contribution is -2.44. The molecule has 0 unspecified atom stereocenters. The SMILES string of the molecule is Cc1nc(C)c(CC(=O)N2C[C@@H]3CC[C@H](C2)N(Cc2ccccn2)C3)s1. The maximum Gasteiger partial charge on any atom is 0.227 e. The molecule has 3 fully saturated rings. The Morgan fingerprint density at radius 2 is 2.12 bits per heavy atom. The summed E-state index contributed by atoms with van der Waals surface area (Å²) in [6, 6.07) is 6.55. The van der Waals surface area contributed by atoms with Gasteiger partial charge in [0, 0.05) is 43.3 Å². The van der Waals surface area contributed by atoms with E-state index < -0.39 is 0 Å². The predicted octanol–water partition coefficient (Wildman–Crippen LogP) is 2.82. The maximum atomic E-state index is 12.9. The van der Waals surface area contributed by atoms with E-state index in [4.69, 9.17) is 0 Å². The molecule has 5 nitrogen and oxygen atoms in total. The Hall–Kier alpha value is -1.79. The second-order valence-electron chi connectivity index (χ2n) is 7.56. The predicted molar refractivity (Wildman–Crippen MR) is 103 cm³/mol. The summed E-state index contributed by atoms with van der Waals surface area (Å²) in [5.41, 5.74) is 2.13. The number of pyridine rings is 1. The van der Waals surface area contributed by atoms with E-state index in [2.05, 4.69) is 25.8 Å². The van der Waals surface area contributed by atoms with Crippen LogP contribution in [0.3, 0.4) is 0 Å². The van der Waals surface area contributed by atoms with Gasteiger partial charge in [0.15, 0.2) is 0 Å². The second kappa shape index (κ2) is 7.45. The molecule has 0 radical (unpaired) electrons. The minimum atomic E-state index is 0.258. The number of thiazole rings is 1. The third-order valence-corrected chi connectivity index (χ3v) is 6.66. The average molecular weight is 371 g/mol. The highest BCUT2D eigenvalue weighted by Gasteiger charge is 2.36. The number of piperidine rings is 1. The normalized spacial score (nSPS) is 23.2. The molecule has 5 heterocycles. The van der Waals surface area contributed by atoms with Crippen molar-refractivity contribution in [1.82, 2.24) is 19.8 Å². The number of hydrogen-bond acceptors (Lipinski definition) is 5. The van der Waals surface area contributed by atoms with Crippen molar-refractivity contribution < 1.29 is 4.79 Å². The molecule has 0 N–H and O–H groups in total. The van der Waals surface area contributed by atoms with Gasteiger partial charge in [0.1, 0.15) is 0 Å². The van der Waals surface area contributed by atoms with E-state index in [0.717, 1.165) is 47.5 Å². The summed E-state index contributed by atoms with van der Waals surface area (Å²) in [7, 11) is 0. The number of fused-ring (bicyclic) bond motifs is 4. The summed E-state index contributed by atoms with van der Waals surface area (Å²) < 4.78 is 0. The molecule has 2 aromatic heterocycles. The van der Waals surface area contributed by atoms with Crippen LogP contribution in [0.25, 0.3) is 0 Å². The maximum absolute atomic E-state index is 12.9. The van der Waals surface area contributed by atoms with Gasteiger partial charge in [-0.1, -0.05) is 6.07 Å². The monoisotopic (exact) mass is 370 g/mol. The highest BCUT2D eigenvalue weighted by atomic mass is 32.1. The van der Waals surface area contributed by atoms with Crippen molar-refractivity contribution >= 4 is 17.2 Å². The Kier molecular flexibility index (Phi) is 5.05. The lowest BCUT2D eigenvalue weighted by Gasteiger charge is -2.35. The van der Waals surface area contributed by atoms with E-state index in [1.54, 1.807) is 11.3 Å². The first-order valence-corrected chi connectivity index (χ1v) is 10.2. The minimum absolute atomic E-state index is 0.258. The number of carbonyl (C=O) groups excluding carboxylic acids is 1. The number of hydrogen-bond donors (Lipinski definition) is 0. The Morgan fingerprint density at radius 1 is 1.23 bits per heavy atom. The van der Waals surface area contributed by atoms with E-state index in [9.17, 15) is 4.79 Å². The summed E-state index contributed by atoms with van der Waals surface area (Å²) in [4.78, 5) is 27.6. The van der Waals surface area contributed by atoms with Gasteiger partial charge in [-0.2, -0.15) is 0 Å². The standard InChI is InChI=1S/C20H26N4OS/c1-14-19(26-15(2)22-14)9-20(25)24-11-16-6-7-18(13-24)23(10-16)12-17-5-3-4-8-21-17/h3-5,8,16,18H,6-7,9-13H2,1-2H3/t16-,18-/m1/s1. The number of rotatable bonds is 4. The average Bonchev–Trinajstić information content (AvgIpc) is 2.80. The van der Waals surface area contributed by atoms with Gasteiger partial charge in [-0.3, -0.25) is 14.7 Å². The first-order chi connectivity index (χ1) is 12.6. The van der Waals surface area contributed by atoms with Gasteiger partial charge >= 0.3 is 0 Å². The largest absolute Gasteiger partial charge is 0.340 e. The second-order valence-corrected chi connectivity index (χ2v) is 8.85. The van der Waals surface area contributed by atoms with Crippen LogP contribution in [0.4, 0.5) is 0 Å². The van der Waals surface area contributed by atoms with Gasteiger partial charge in [0.25, 0.3) is 0 Å². The molecule has 3 aliphatic heterocycles. The Balaban J connectivity index is 1.44. The molecule has 3 saturated heterocycles. The quantitative estimate of drug-likeness (QED) is 0.830. The van der Waals surface area contributed by atoms with Crippen LogP contribution in [0.1, 0.15) is 34.1 Å². The van der Waals surface area contributed by atoms with Crippen molar-refractivity contribution in [2.75, 3.05) is 19.6 Å². The molecule has 0 saturated carbocycles. The summed E-state index contributed by atoms with van der Waals surface area (Å²) in [5, 5.41) is 1.04. The molecule has 26 heavy (non-hydrogen) atoms. The van der Waals surface area contributed by atoms with Crippen molar-refractivity contribution in [3.8, 4) is 0 Å². The van der Waals surface area contributed by atoms with E-state index >= 15 is 0 Å². The Bertz CT molecular complexity index is 775. The van der Waals surface area contributed by atoms with Gasteiger partial charge in [-0.05, 0) is 44.7 Å². The molecule has 6 heteroatoms. The van der Waals surface area contributed by atoms with E-state index in [0.29, 0.717) is 18.4 Å². The van der Waals surface area contributed by atoms with E-state index in [1.165, 1.54) is 12.8 Å². The van der Waals surface area contributed by atoms with E-state index in [1.807, 2.05) is 32.2 Å². The fraction of sp³-hybridized carbons (Fsp3) is 0.550. The first-order valence-electron chi connectivity index (χ1n) is 9.43. The summed E-state index contributed by atoms with van der Waals surface area (Å²) in [5.74, 6) is 0.832. The van der Waals surface area contributed by atoms with Crippen LogP contribution in [-0.4, -0.2) is 51.4 Å². The number of nitrogens with zero attached hydrogens (tertiary/aromatic N) is 4. The van der Waals surface area contributed by atoms with Crippen molar-refractivity contribution in [2.24, 2.45) is 5.92 Å². The Morgan fingerprint density at radius 3 is 2.85 bits per heavy atom. The third-order valence-electron chi connectivity index (χ3n) is 5.58. The first kappa shape index (κ1) is 17.6. The topological polar surface area (TPSA) is 49.3 Å². The van der Waals surface area contributed by atoms with Crippen LogP contribution >= 0.6 is 11.3 Å². The summed E-state index contributed by atoms with van der Waals surface area (Å²) in [6.07, 6.45) is 4.77. The van der Waals surface area contributed by atoms with Crippen LogP contribution in [0.5, 0.6) is 0 Å². The van der Waals surface area contributed by atoms with Crippen LogP contribution in [0.15, 0.2) is 24.4 Å². The van der Waals surface area contributed by atoms with Gasteiger partial charge in [0.05, 0.1) is 22.8 Å². The molecule has 2 atom stereocenters. The van der Waals surface area contributed by atoms with Crippen LogP contribution in [0, 0.1) is 19.8 Å². The van der Waals surface area contributed by atoms with Crippen LogP contribution in [0.2, 0.25) is 0 Å². The van der Waals surface area contributed by atoms with Gasteiger partial charge < -0.3 is 4.90 Å². The highest BCUT2D eigenvalue weighted by Crippen LogP contribution is 2.29. The van der Waals surface area contributed by atoms with Gasteiger partial charge in [0.2, 0.25) is 5.91 Å². The number of carbonyl (C=O) groups is 1. The van der Waals surface area contributed by atoms with Crippen LogP contribution < -0.4 is 0 Å². The molecule has 0 aromatic carbocycles. The smallest absolute Gasteiger partial charge is 0.227 e. The number of aromatic nitrogens is 2. The van der Waals surface area contributed by atoms with Crippen molar-refractivity contribution in [2.45, 2.75) is 45.7 Å². The zero-order valence-corrected chi connectivity index (χ0v) is 16.3. The molecule has 1 amide bonds. The fourth-order valence-corrected chi connectivity index (χ4v) is 5.19. The number of aryl methyl sites for hydroxylation is 2. The molecule has 138 valence electrons. The van der Waals surface area contributed by atoms with Crippen molar-refractivity contribution in [3.05, 3.63) is 45.7 Å². The lowest BCUT2D eigenvalue weighted by atomic mass is 9.95. The molecular weight excluding hydrogens is 344 g/mol. The molecule has 2 aromatic rings. The minimum Gasteiger partial charge on any atom is -0.340 e. The molecule has 0 spiro atoms. The molecule has 5 rings (SSSR count). The molecule has 2 bridgehead atoms. The molecule has 0 aliphatic carbocycles. The zero-order chi connectivity index (χ0) is 18.1. The van der Waals surface area contributed by atoms with E-state index in [-0.39, 0.29) is 5.91 Å². The van der Waals surface area contributed by atoms with Gasteiger partial charge in [-0.15, -0.1) is 11.3 Å². The summed E-state index contributed by atoms with van der Waals surface area (Å²) >= 11 is 1.65.